The molecule has 0 aliphatic heterocycles. The zero-order valence-corrected chi connectivity index (χ0v) is 9.44. The molecule has 0 atom stereocenters. The van der Waals surface area contributed by atoms with Gasteiger partial charge in [0, 0.05) is 6.07 Å². The average Bonchev–Trinajstić information content (AvgIpc) is 2.39. The highest BCUT2D eigenvalue weighted by atomic mass is 16.5. The van der Waals surface area contributed by atoms with Crippen LogP contribution in [0.15, 0.2) is 48.5 Å². The minimum atomic E-state index is 0.607. The zero-order chi connectivity index (χ0) is 12.1. The molecular formula is C15H11O2. The number of para-hydroxylation sites is 1. The molecule has 2 heteroatoms. The fourth-order valence-corrected chi connectivity index (χ4v) is 1.45. The summed E-state index contributed by atoms with van der Waals surface area (Å²) in [6, 6.07) is 14.6. The first kappa shape index (κ1) is 11.1. The van der Waals surface area contributed by atoms with Crippen molar-refractivity contribution in [1.29, 1.82) is 0 Å². The van der Waals surface area contributed by atoms with Crippen molar-refractivity contribution < 1.29 is 9.47 Å². The Morgan fingerprint density at radius 2 is 1.76 bits per heavy atom. The molecule has 2 aromatic rings. The highest BCUT2D eigenvalue weighted by Gasteiger charge is 2.02. The van der Waals surface area contributed by atoms with Gasteiger partial charge in [0.1, 0.15) is 17.2 Å². The van der Waals surface area contributed by atoms with Crippen LogP contribution in [0.3, 0.4) is 0 Å². The van der Waals surface area contributed by atoms with E-state index in [2.05, 4.69) is 5.92 Å². The minimum absolute atomic E-state index is 0.607. The van der Waals surface area contributed by atoms with Crippen molar-refractivity contribution >= 4 is 0 Å². The van der Waals surface area contributed by atoms with Gasteiger partial charge in [-0.15, -0.1) is 0 Å². The third kappa shape index (κ3) is 2.59. The summed E-state index contributed by atoms with van der Waals surface area (Å²) >= 11 is 0. The standard InChI is InChI=1S/C15H11O2/c1-3-12-7-4-5-10-15(12)17-14-9-6-8-13(11-14)16-2/h4-11H,2H3. The Kier molecular flexibility index (Phi) is 3.32. The van der Waals surface area contributed by atoms with Crippen LogP contribution in [0.1, 0.15) is 5.56 Å². The van der Waals surface area contributed by atoms with Gasteiger partial charge in [-0.05, 0) is 36.6 Å². The van der Waals surface area contributed by atoms with Crippen LogP contribution >= 0.6 is 0 Å². The smallest absolute Gasteiger partial charge is 0.143 e. The third-order valence-corrected chi connectivity index (χ3v) is 2.29. The van der Waals surface area contributed by atoms with E-state index in [9.17, 15) is 0 Å². The lowest BCUT2D eigenvalue weighted by molar-refractivity contribution is 0.409. The Bertz CT molecular complexity index is 553. The summed E-state index contributed by atoms with van der Waals surface area (Å²) in [5.41, 5.74) is 0.621. The van der Waals surface area contributed by atoms with Gasteiger partial charge in [0.05, 0.1) is 12.7 Å². The Morgan fingerprint density at radius 1 is 1.00 bits per heavy atom. The first-order valence-electron chi connectivity index (χ1n) is 5.17. The van der Waals surface area contributed by atoms with E-state index in [0.717, 1.165) is 5.75 Å². The fraction of sp³-hybridized carbons (Fsp3) is 0.0667. The first-order chi connectivity index (χ1) is 8.33. The summed E-state index contributed by atoms with van der Waals surface area (Å²) in [6.45, 7) is 0. The van der Waals surface area contributed by atoms with E-state index in [1.165, 1.54) is 0 Å². The van der Waals surface area contributed by atoms with Gasteiger partial charge < -0.3 is 9.47 Å². The van der Waals surface area contributed by atoms with Crippen molar-refractivity contribution in [1.82, 2.24) is 0 Å². The van der Waals surface area contributed by atoms with Crippen LogP contribution in [0.4, 0.5) is 0 Å². The largest absolute Gasteiger partial charge is 0.497 e. The average molecular weight is 223 g/mol. The Morgan fingerprint density at radius 3 is 2.53 bits per heavy atom. The molecule has 0 saturated heterocycles. The SMILES string of the molecule is [C]#Cc1ccccc1Oc1cccc(OC)c1. The Labute approximate surface area is 101 Å². The Hall–Kier alpha value is -2.40. The van der Waals surface area contributed by atoms with Crippen molar-refractivity contribution in [3.8, 4) is 23.2 Å². The predicted octanol–water partition coefficient (Wildman–Crippen LogP) is 3.43. The molecule has 1 radical (unpaired) electrons. The molecule has 0 saturated carbocycles. The number of hydrogen-bond donors (Lipinski definition) is 0. The molecule has 2 rings (SSSR count). The molecule has 0 aliphatic carbocycles. The van der Waals surface area contributed by atoms with E-state index in [1.807, 2.05) is 30.3 Å². The van der Waals surface area contributed by atoms with Crippen LogP contribution in [0.2, 0.25) is 0 Å². The number of benzene rings is 2. The van der Waals surface area contributed by atoms with Gasteiger partial charge in [-0.2, -0.15) is 0 Å². The van der Waals surface area contributed by atoms with Gasteiger partial charge in [-0.25, -0.2) is 0 Å². The number of rotatable bonds is 3. The van der Waals surface area contributed by atoms with Crippen LogP contribution in [0.5, 0.6) is 17.2 Å². The summed E-state index contributed by atoms with van der Waals surface area (Å²) in [5.74, 6) is 4.35. The van der Waals surface area contributed by atoms with Crippen LogP contribution in [0, 0.1) is 12.3 Å². The highest BCUT2D eigenvalue weighted by molar-refractivity contribution is 5.46. The summed E-state index contributed by atoms with van der Waals surface area (Å²) < 4.78 is 10.8. The third-order valence-electron chi connectivity index (χ3n) is 2.29. The molecule has 0 N–H and O–H groups in total. The molecule has 0 aromatic heterocycles. The molecule has 0 unspecified atom stereocenters. The van der Waals surface area contributed by atoms with Gasteiger partial charge in [-0.1, -0.05) is 18.2 Å². The summed E-state index contributed by atoms with van der Waals surface area (Å²) in [6.07, 6.45) is 7.17. The summed E-state index contributed by atoms with van der Waals surface area (Å²) in [4.78, 5) is 0. The van der Waals surface area contributed by atoms with E-state index >= 15 is 0 Å². The second-order valence-corrected chi connectivity index (χ2v) is 3.40. The number of ether oxygens (including phenoxy) is 2. The maximum atomic E-state index is 7.17. The molecular weight excluding hydrogens is 212 g/mol. The van der Waals surface area contributed by atoms with Gasteiger partial charge >= 0.3 is 0 Å². The molecule has 17 heavy (non-hydrogen) atoms. The second kappa shape index (κ2) is 5.09. The lowest BCUT2D eigenvalue weighted by Gasteiger charge is -2.08. The van der Waals surface area contributed by atoms with Crippen molar-refractivity contribution in [2.24, 2.45) is 0 Å². The van der Waals surface area contributed by atoms with Crippen molar-refractivity contribution in [2.75, 3.05) is 7.11 Å². The van der Waals surface area contributed by atoms with Gasteiger partial charge in [0.2, 0.25) is 0 Å². The van der Waals surface area contributed by atoms with Crippen molar-refractivity contribution in [2.45, 2.75) is 0 Å². The minimum Gasteiger partial charge on any atom is -0.497 e. The van der Waals surface area contributed by atoms with Crippen molar-refractivity contribution in [3.05, 3.63) is 60.5 Å². The molecule has 83 valence electrons. The number of hydrogen-bond acceptors (Lipinski definition) is 2. The monoisotopic (exact) mass is 223 g/mol. The van der Waals surface area contributed by atoms with E-state index in [4.69, 9.17) is 15.9 Å². The molecule has 0 aliphatic rings. The maximum absolute atomic E-state index is 7.17. The lowest BCUT2D eigenvalue weighted by atomic mass is 10.2. The summed E-state index contributed by atoms with van der Waals surface area (Å²) in [5, 5.41) is 0. The van der Waals surface area contributed by atoms with Gasteiger partial charge in [0.15, 0.2) is 0 Å². The number of methoxy groups -OCH3 is 1. The fourth-order valence-electron chi connectivity index (χ4n) is 1.45. The van der Waals surface area contributed by atoms with Gasteiger partial charge in [-0.3, -0.25) is 0 Å². The van der Waals surface area contributed by atoms with E-state index in [0.29, 0.717) is 17.1 Å². The molecule has 0 bridgehead atoms. The van der Waals surface area contributed by atoms with Crippen LogP contribution < -0.4 is 9.47 Å². The first-order valence-corrected chi connectivity index (χ1v) is 5.17. The predicted molar refractivity (Wildman–Crippen MR) is 65.7 cm³/mol. The molecule has 2 nitrogen and oxygen atoms in total. The molecule has 0 fully saturated rings. The van der Waals surface area contributed by atoms with E-state index in [1.54, 1.807) is 25.3 Å². The second-order valence-electron chi connectivity index (χ2n) is 3.40. The zero-order valence-electron chi connectivity index (χ0n) is 9.44. The maximum Gasteiger partial charge on any atom is 0.143 e. The summed E-state index contributed by atoms with van der Waals surface area (Å²) in [7, 11) is 1.61. The quantitative estimate of drug-likeness (QED) is 0.742. The topological polar surface area (TPSA) is 18.5 Å². The van der Waals surface area contributed by atoms with Crippen LogP contribution in [-0.2, 0) is 0 Å². The van der Waals surface area contributed by atoms with Crippen LogP contribution in [0.25, 0.3) is 0 Å². The molecule has 0 heterocycles. The molecule has 0 spiro atoms. The molecule has 0 amide bonds. The van der Waals surface area contributed by atoms with Crippen molar-refractivity contribution in [3.63, 3.8) is 0 Å². The lowest BCUT2D eigenvalue weighted by Crippen LogP contribution is -1.89. The van der Waals surface area contributed by atoms with E-state index < -0.39 is 0 Å². The molecule has 2 aromatic carbocycles. The highest BCUT2D eigenvalue weighted by Crippen LogP contribution is 2.27. The van der Waals surface area contributed by atoms with Gasteiger partial charge in [0.25, 0.3) is 0 Å². The van der Waals surface area contributed by atoms with E-state index in [-0.39, 0.29) is 0 Å². The normalized spacial score (nSPS) is 9.41. The Balaban J connectivity index is 2.28. The van der Waals surface area contributed by atoms with Crippen LogP contribution in [-0.4, -0.2) is 7.11 Å².